The van der Waals surface area contributed by atoms with Gasteiger partial charge >= 0.3 is 0 Å². The van der Waals surface area contributed by atoms with E-state index in [-0.39, 0.29) is 6.10 Å². The van der Waals surface area contributed by atoms with Gasteiger partial charge in [0.2, 0.25) is 0 Å². The molecule has 0 fully saturated rings. The van der Waals surface area contributed by atoms with Gasteiger partial charge in [-0.1, -0.05) is 23.7 Å². The molecule has 0 aromatic heterocycles. The highest BCUT2D eigenvalue weighted by atomic mass is 35.5. The van der Waals surface area contributed by atoms with Gasteiger partial charge in [0.1, 0.15) is 0 Å². The van der Waals surface area contributed by atoms with E-state index in [0.717, 1.165) is 22.6 Å². The second-order valence-corrected chi connectivity index (χ2v) is 2.93. The van der Waals surface area contributed by atoms with Gasteiger partial charge in [-0.15, -0.1) is 0 Å². The molecule has 0 heterocycles. The third-order valence-electron chi connectivity index (χ3n) is 1.91. The summed E-state index contributed by atoms with van der Waals surface area (Å²) in [5.74, 6) is 0. The van der Waals surface area contributed by atoms with Gasteiger partial charge in [0, 0.05) is 11.4 Å². The molecule has 1 nitrogen and oxygen atoms in total. The minimum absolute atomic E-state index is 0.270. The number of aliphatic hydroxyl groups is 1. The van der Waals surface area contributed by atoms with Crippen molar-refractivity contribution in [3.8, 4) is 0 Å². The van der Waals surface area contributed by atoms with Crippen LogP contribution in [0.15, 0.2) is 18.2 Å². The molecule has 0 saturated carbocycles. The number of rotatable bonds is 0. The second-order valence-electron chi connectivity index (χ2n) is 2.53. The average molecular weight is 155 g/mol. The smallest absolute Gasteiger partial charge is 0.0834 e. The first-order valence-electron chi connectivity index (χ1n) is 3.24. The van der Waals surface area contributed by atoms with Gasteiger partial charge in [-0.25, -0.2) is 0 Å². The van der Waals surface area contributed by atoms with Crippen molar-refractivity contribution < 1.29 is 5.11 Å². The van der Waals surface area contributed by atoms with Crippen molar-refractivity contribution in [2.45, 2.75) is 12.5 Å². The predicted molar refractivity (Wildman–Crippen MR) is 40.1 cm³/mol. The van der Waals surface area contributed by atoms with Crippen molar-refractivity contribution in [2.75, 3.05) is 0 Å². The van der Waals surface area contributed by atoms with Crippen LogP contribution in [0.5, 0.6) is 0 Å². The first-order chi connectivity index (χ1) is 4.79. The van der Waals surface area contributed by atoms with E-state index in [4.69, 9.17) is 16.7 Å². The van der Waals surface area contributed by atoms with E-state index in [1.54, 1.807) is 0 Å². The van der Waals surface area contributed by atoms with E-state index in [1.165, 1.54) is 0 Å². The topological polar surface area (TPSA) is 20.2 Å². The minimum atomic E-state index is -0.270. The molecule has 1 aromatic rings. The minimum Gasteiger partial charge on any atom is -0.388 e. The number of hydrogen-bond donors (Lipinski definition) is 1. The Morgan fingerprint density at radius 2 is 2.30 bits per heavy atom. The summed E-state index contributed by atoms with van der Waals surface area (Å²) in [6, 6.07) is 5.63. The quantitative estimate of drug-likeness (QED) is 0.606. The Morgan fingerprint density at radius 3 is 2.90 bits per heavy atom. The Labute approximate surface area is 64.3 Å². The van der Waals surface area contributed by atoms with Crippen LogP contribution in [0, 0.1) is 0 Å². The van der Waals surface area contributed by atoms with E-state index in [2.05, 4.69) is 0 Å². The predicted octanol–water partition coefficient (Wildman–Crippen LogP) is 1.93. The molecule has 1 aliphatic rings. The monoisotopic (exact) mass is 154 g/mol. The highest BCUT2D eigenvalue weighted by molar-refractivity contribution is 6.31. The Bertz CT molecular complexity index is 270. The van der Waals surface area contributed by atoms with Crippen LogP contribution < -0.4 is 0 Å². The lowest BCUT2D eigenvalue weighted by Crippen LogP contribution is -2.16. The number of hydrogen-bond acceptors (Lipinski definition) is 1. The van der Waals surface area contributed by atoms with Crippen molar-refractivity contribution in [2.24, 2.45) is 0 Å². The molecular formula is C8H7ClO. The van der Waals surface area contributed by atoms with E-state index >= 15 is 0 Å². The summed E-state index contributed by atoms with van der Waals surface area (Å²) < 4.78 is 0. The maximum absolute atomic E-state index is 9.17. The summed E-state index contributed by atoms with van der Waals surface area (Å²) in [6.45, 7) is 0. The molecule has 0 spiro atoms. The van der Waals surface area contributed by atoms with Gasteiger partial charge in [-0.3, -0.25) is 0 Å². The van der Waals surface area contributed by atoms with Gasteiger partial charge in [0.25, 0.3) is 0 Å². The molecule has 10 heavy (non-hydrogen) atoms. The van der Waals surface area contributed by atoms with Crippen LogP contribution >= 0.6 is 11.6 Å². The molecule has 1 atom stereocenters. The molecule has 1 N–H and O–H groups in total. The number of halogens is 1. The van der Waals surface area contributed by atoms with Gasteiger partial charge in [-0.05, 0) is 17.2 Å². The van der Waals surface area contributed by atoms with E-state index < -0.39 is 0 Å². The van der Waals surface area contributed by atoms with Gasteiger partial charge in [0.05, 0.1) is 6.10 Å². The molecule has 0 aliphatic heterocycles. The van der Waals surface area contributed by atoms with Gasteiger partial charge in [0.15, 0.2) is 0 Å². The maximum atomic E-state index is 9.17. The maximum Gasteiger partial charge on any atom is 0.0834 e. The molecule has 1 unspecified atom stereocenters. The van der Waals surface area contributed by atoms with Crippen LogP contribution in [-0.2, 0) is 6.42 Å². The highest BCUT2D eigenvalue weighted by Crippen LogP contribution is 2.37. The van der Waals surface area contributed by atoms with E-state index in [9.17, 15) is 0 Å². The molecule has 2 rings (SSSR count). The van der Waals surface area contributed by atoms with Crippen LogP contribution in [0.4, 0.5) is 0 Å². The van der Waals surface area contributed by atoms with Crippen molar-refractivity contribution in [1.82, 2.24) is 0 Å². The molecule has 0 radical (unpaired) electrons. The largest absolute Gasteiger partial charge is 0.388 e. The summed E-state index contributed by atoms with van der Waals surface area (Å²) in [4.78, 5) is 0. The molecule has 0 saturated heterocycles. The molecule has 52 valence electrons. The van der Waals surface area contributed by atoms with E-state index in [1.807, 2.05) is 18.2 Å². The summed E-state index contributed by atoms with van der Waals surface area (Å²) in [6.07, 6.45) is 0.448. The van der Waals surface area contributed by atoms with Gasteiger partial charge < -0.3 is 5.11 Å². The van der Waals surface area contributed by atoms with Crippen LogP contribution in [0.25, 0.3) is 0 Å². The van der Waals surface area contributed by atoms with Crippen LogP contribution in [0.3, 0.4) is 0 Å². The summed E-state index contributed by atoms with van der Waals surface area (Å²) in [5.41, 5.74) is 2.10. The Hall–Kier alpha value is -0.530. The summed E-state index contributed by atoms with van der Waals surface area (Å²) >= 11 is 5.82. The zero-order chi connectivity index (χ0) is 7.14. The number of benzene rings is 1. The fourth-order valence-electron chi connectivity index (χ4n) is 1.28. The molecule has 1 aromatic carbocycles. The normalized spacial score (nSPS) is 21.6. The molecule has 1 aliphatic carbocycles. The summed E-state index contributed by atoms with van der Waals surface area (Å²) in [5, 5.41) is 9.95. The van der Waals surface area contributed by atoms with Crippen LogP contribution in [0.1, 0.15) is 17.2 Å². The standard InChI is InChI=1S/C8H7ClO/c9-7-3-1-2-5-6(7)4-8(5)10/h1-3,8,10H,4H2. The van der Waals surface area contributed by atoms with Crippen molar-refractivity contribution in [1.29, 1.82) is 0 Å². The lowest BCUT2D eigenvalue weighted by Gasteiger charge is -2.26. The van der Waals surface area contributed by atoms with E-state index in [0.29, 0.717) is 0 Å². The molecule has 2 heteroatoms. The first kappa shape index (κ1) is 6.20. The fourth-order valence-corrected chi connectivity index (χ4v) is 1.53. The Balaban J connectivity index is 2.56. The molecule has 0 amide bonds. The second kappa shape index (κ2) is 1.97. The van der Waals surface area contributed by atoms with Gasteiger partial charge in [-0.2, -0.15) is 0 Å². The molecule has 0 bridgehead atoms. The lowest BCUT2D eigenvalue weighted by atomic mass is 9.86. The number of fused-ring (bicyclic) bond motifs is 1. The average Bonchev–Trinajstić information content (AvgIpc) is 1.91. The molecular weight excluding hydrogens is 148 g/mol. The Morgan fingerprint density at radius 1 is 1.50 bits per heavy atom. The highest BCUT2D eigenvalue weighted by Gasteiger charge is 2.25. The fraction of sp³-hybridized carbons (Fsp3) is 0.250. The van der Waals surface area contributed by atoms with Crippen LogP contribution in [0.2, 0.25) is 5.02 Å². The third-order valence-corrected chi connectivity index (χ3v) is 2.27. The van der Waals surface area contributed by atoms with Crippen molar-refractivity contribution >= 4 is 11.6 Å². The lowest BCUT2D eigenvalue weighted by molar-refractivity contribution is 0.154. The van der Waals surface area contributed by atoms with Crippen molar-refractivity contribution in [3.05, 3.63) is 34.3 Å². The SMILES string of the molecule is OC1Cc2c(Cl)cccc21. The van der Waals surface area contributed by atoms with Crippen molar-refractivity contribution in [3.63, 3.8) is 0 Å². The zero-order valence-corrected chi connectivity index (χ0v) is 6.10. The van der Waals surface area contributed by atoms with Crippen LogP contribution in [-0.4, -0.2) is 5.11 Å². The Kier molecular flexibility index (Phi) is 1.22. The number of aliphatic hydroxyl groups excluding tert-OH is 1. The summed E-state index contributed by atoms with van der Waals surface area (Å²) in [7, 11) is 0. The first-order valence-corrected chi connectivity index (χ1v) is 3.62. The third kappa shape index (κ3) is 0.678. The zero-order valence-electron chi connectivity index (χ0n) is 5.34.